The molecule has 27 heavy (non-hydrogen) atoms. The second-order valence-electron chi connectivity index (χ2n) is 6.42. The molecule has 0 unspecified atom stereocenters. The van der Waals surface area contributed by atoms with Gasteiger partial charge in [0.2, 0.25) is 0 Å². The number of amides is 1. The Kier molecular flexibility index (Phi) is 4.45. The van der Waals surface area contributed by atoms with E-state index in [1.54, 1.807) is 29.3 Å². The molecule has 0 N–H and O–H groups in total. The molecule has 1 saturated heterocycles. The molecule has 0 radical (unpaired) electrons. The topological polar surface area (TPSA) is 81.0 Å². The number of aryl methyl sites for hydroxylation is 1. The predicted molar refractivity (Wildman–Crippen MR) is 101 cm³/mol. The third kappa shape index (κ3) is 3.46. The Balaban J connectivity index is 1.51. The Morgan fingerprint density at radius 3 is 2.48 bits per heavy atom. The molecule has 136 valence electrons. The Labute approximate surface area is 160 Å². The molecule has 8 heteroatoms. The van der Waals surface area contributed by atoms with Crippen LogP contribution in [0.2, 0.25) is 5.02 Å². The van der Waals surface area contributed by atoms with E-state index in [-0.39, 0.29) is 17.5 Å². The summed E-state index contributed by atoms with van der Waals surface area (Å²) in [5, 5.41) is 5.11. The summed E-state index contributed by atoms with van der Waals surface area (Å²) in [6, 6.07) is 10.3. The molecule has 0 aliphatic carbocycles. The highest BCUT2D eigenvalue weighted by Crippen LogP contribution is 2.23. The summed E-state index contributed by atoms with van der Waals surface area (Å²) in [5.74, 6) is -0.194. The first-order valence-corrected chi connectivity index (χ1v) is 8.83. The zero-order valence-electron chi connectivity index (χ0n) is 14.5. The highest BCUT2D eigenvalue weighted by Gasteiger charge is 2.34. The number of carbonyl (C=O) groups is 1. The first-order chi connectivity index (χ1) is 13.0. The third-order valence-corrected chi connectivity index (χ3v) is 4.71. The van der Waals surface area contributed by atoms with Gasteiger partial charge >= 0.3 is 0 Å². The van der Waals surface area contributed by atoms with Crippen LogP contribution in [0.15, 0.2) is 53.6 Å². The molecule has 0 bridgehead atoms. The summed E-state index contributed by atoms with van der Waals surface area (Å²) in [6.07, 6.45) is 3.03. The molecule has 0 spiro atoms. The molecule has 0 saturated carbocycles. The number of halogens is 1. The van der Waals surface area contributed by atoms with Crippen LogP contribution in [0.5, 0.6) is 0 Å². The maximum Gasteiger partial charge on any atom is 0.274 e. The fraction of sp³-hybridized carbons (Fsp3) is 0.211. The van der Waals surface area contributed by atoms with Gasteiger partial charge in [0.15, 0.2) is 0 Å². The quantitative estimate of drug-likeness (QED) is 0.695. The van der Waals surface area contributed by atoms with Crippen molar-refractivity contribution in [1.82, 2.24) is 24.6 Å². The third-order valence-electron chi connectivity index (χ3n) is 4.46. The number of likely N-dealkylation sites (tertiary alicyclic amines) is 1. The van der Waals surface area contributed by atoms with E-state index in [2.05, 4.69) is 15.1 Å². The van der Waals surface area contributed by atoms with Crippen molar-refractivity contribution < 1.29 is 4.79 Å². The van der Waals surface area contributed by atoms with Gasteiger partial charge in [-0.1, -0.05) is 23.7 Å². The van der Waals surface area contributed by atoms with Gasteiger partial charge in [-0.2, -0.15) is 5.10 Å². The van der Waals surface area contributed by atoms with Gasteiger partial charge in [-0.25, -0.2) is 9.67 Å². The SMILES string of the molecule is Cc1cnc(C(=O)N2CC(n3nc(-c4ccc(Cl)cc4)ccc3=O)C2)cn1. The Morgan fingerprint density at radius 2 is 1.81 bits per heavy atom. The Hall–Kier alpha value is -3.06. The van der Waals surface area contributed by atoms with E-state index >= 15 is 0 Å². The van der Waals surface area contributed by atoms with Crippen molar-refractivity contribution >= 4 is 17.5 Å². The van der Waals surface area contributed by atoms with Gasteiger partial charge in [-0.05, 0) is 25.1 Å². The van der Waals surface area contributed by atoms with E-state index < -0.39 is 0 Å². The van der Waals surface area contributed by atoms with Crippen molar-refractivity contribution in [3.05, 3.63) is 75.6 Å². The monoisotopic (exact) mass is 381 g/mol. The van der Waals surface area contributed by atoms with Gasteiger partial charge in [0, 0.05) is 35.9 Å². The van der Waals surface area contributed by atoms with Gasteiger partial charge in [0.25, 0.3) is 11.5 Å². The van der Waals surface area contributed by atoms with Crippen LogP contribution in [0, 0.1) is 6.92 Å². The Morgan fingerprint density at radius 1 is 1.07 bits per heavy atom. The fourth-order valence-electron chi connectivity index (χ4n) is 2.90. The number of benzene rings is 1. The molecule has 4 rings (SSSR count). The lowest BCUT2D eigenvalue weighted by molar-refractivity contribution is 0.0487. The van der Waals surface area contributed by atoms with Gasteiger partial charge < -0.3 is 4.90 Å². The molecule has 2 aromatic heterocycles. The maximum atomic E-state index is 12.4. The minimum absolute atomic E-state index is 0.160. The van der Waals surface area contributed by atoms with Crippen LogP contribution in [0.3, 0.4) is 0 Å². The van der Waals surface area contributed by atoms with Crippen LogP contribution < -0.4 is 5.56 Å². The second-order valence-corrected chi connectivity index (χ2v) is 6.85. The average Bonchev–Trinajstić information content (AvgIpc) is 2.63. The van der Waals surface area contributed by atoms with Crippen molar-refractivity contribution in [3.8, 4) is 11.3 Å². The van der Waals surface area contributed by atoms with Crippen LogP contribution in [-0.4, -0.2) is 43.6 Å². The molecule has 1 fully saturated rings. The zero-order valence-corrected chi connectivity index (χ0v) is 15.3. The van der Waals surface area contributed by atoms with E-state index in [1.165, 1.54) is 16.9 Å². The lowest BCUT2D eigenvalue weighted by atomic mass is 10.1. The average molecular weight is 382 g/mol. The lowest BCUT2D eigenvalue weighted by Crippen LogP contribution is -2.53. The van der Waals surface area contributed by atoms with Gasteiger partial charge in [0.1, 0.15) is 5.69 Å². The molecule has 1 aliphatic rings. The van der Waals surface area contributed by atoms with E-state index in [0.717, 1.165) is 11.3 Å². The second kappa shape index (κ2) is 6.92. The number of rotatable bonds is 3. The number of aromatic nitrogens is 4. The number of hydrogen-bond donors (Lipinski definition) is 0. The standard InChI is InChI=1S/C19H16ClN5O2/c1-12-8-22-17(9-21-12)19(27)24-10-15(11-24)25-18(26)7-6-16(23-25)13-2-4-14(20)5-3-13/h2-9,15H,10-11H2,1H3. The van der Waals surface area contributed by atoms with Crippen molar-refractivity contribution in [2.75, 3.05) is 13.1 Å². The van der Waals surface area contributed by atoms with Crippen LogP contribution >= 0.6 is 11.6 Å². The van der Waals surface area contributed by atoms with Crippen LogP contribution in [0.25, 0.3) is 11.3 Å². The highest BCUT2D eigenvalue weighted by atomic mass is 35.5. The maximum absolute atomic E-state index is 12.4. The fourth-order valence-corrected chi connectivity index (χ4v) is 3.03. The molecule has 1 amide bonds. The summed E-state index contributed by atoms with van der Waals surface area (Å²) in [7, 11) is 0. The number of nitrogens with zero attached hydrogens (tertiary/aromatic N) is 5. The number of hydrogen-bond acceptors (Lipinski definition) is 5. The van der Waals surface area contributed by atoms with Crippen molar-refractivity contribution in [2.24, 2.45) is 0 Å². The van der Waals surface area contributed by atoms with Crippen LogP contribution in [0.1, 0.15) is 22.2 Å². The molecular weight excluding hydrogens is 366 g/mol. The highest BCUT2D eigenvalue weighted by molar-refractivity contribution is 6.30. The van der Waals surface area contributed by atoms with Gasteiger partial charge in [0.05, 0.1) is 23.6 Å². The van der Waals surface area contributed by atoms with E-state index in [1.807, 2.05) is 19.1 Å². The molecule has 1 aromatic carbocycles. The van der Waals surface area contributed by atoms with E-state index in [0.29, 0.717) is 29.5 Å². The molecule has 3 aromatic rings. The molecule has 1 aliphatic heterocycles. The lowest BCUT2D eigenvalue weighted by Gasteiger charge is -2.39. The van der Waals surface area contributed by atoms with Gasteiger partial charge in [-0.3, -0.25) is 14.6 Å². The van der Waals surface area contributed by atoms with E-state index in [4.69, 9.17) is 11.6 Å². The zero-order chi connectivity index (χ0) is 19.0. The first-order valence-electron chi connectivity index (χ1n) is 8.45. The van der Waals surface area contributed by atoms with Crippen LogP contribution in [0.4, 0.5) is 0 Å². The predicted octanol–water partition coefficient (Wildman–Crippen LogP) is 2.36. The number of carbonyl (C=O) groups excluding carboxylic acids is 1. The Bertz CT molecular complexity index is 1040. The summed E-state index contributed by atoms with van der Waals surface area (Å²) in [5.41, 5.74) is 2.41. The first kappa shape index (κ1) is 17.4. The normalized spacial score (nSPS) is 14.1. The molecule has 7 nitrogen and oxygen atoms in total. The van der Waals surface area contributed by atoms with E-state index in [9.17, 15) is 9.59 Å². The summed E-state index contributed by atoms with van der Waals surface area (Å²) >= 11 is 5.92. The molecular formula is C19H16ClN5O2. The van der Waals surface area contributed by atoms with Gasteiger partial charge in [-0.15, -0.1) is 0 Å². The van der Waals surface area contributed by atoms with Crippen molar-refractivity contribution in [2.45, 2.75) is 13.0 Å². The summed E-state index contributed by atoms with van der Waals surface area (Å²) in [6.45, 7) is 2.63. The summed E-state index contributed by atoms with van der Waals surface area (Å²) < 4.78 is 1.44. The smallest absolute Gasteiger partial charge is 0.274 e. The molecule has 3 heterocycles. The van der Waals surface area contributed by atoms with Crippen molar-refractivity contribution in [3.63, 3.8) is 0 Å². The minimum atomic E-state index is -0.194. The summed E-state index contributed by atoms with van der Waals surface area (Å²) in [4.78, 5) is 34.5. The van der Waals surface area contributed by atoms with Crippen LogP contribution in [-0.2, 0) is 0 Å². The minimum Gasteiger partial charge on any atom is -0.333 e. The van der Waals surface area contributed by atoms with Crippen molar-refractivity contribution in [1.29, 1.82) is 0 Å². The largest absolute Gasteiger partial charge is 0.333 e. The molecule has 0 atom stereocenters.